The molecule has 3 atom stereocenters. The van der Waals surface area contributed by atoms with Crippen molar-refractivity contribution in [1.82, 2.24) is 20.5 Å². The molecular weight excluding hydrogens is 512 g/mol. The highest BCUT2D eigenvalue weighted by atomic mass is 32.1. The fourth-order valence-corrected chi connectivity index (χ4v) is 5.01. The van der Waals surface area contributed by atoms with Crippen LogP contribution in [0.3, 0.4) is 0 Å². The quantitative estimate of drug-likeness (QED) is 0.329. The van der Waals surface area contributed by atoms with E-state index in [1.54, 1.807) is 37.6 Å². The van der Waals surface area contributed by atoms with Gasteiger partial charge in [-0.3, -0.25) is 14.4 Å². The summed E-state index contributed by atoms with van der Waals surface area (Å²) in [7, 11) is 0. The molecule has 12 heteroatoms. The van der Waals surface area contributed by atoms with Gasteiger partial charge in [-0.1, -0.05) is 24.3 Å². The minimum absolute atomic E-state index is 0.00559. The van der Waals surface area contributed by atoms with E-state index in [0.717, 1.165) is 21.7 Å². The van der Waals surface area contributed by atoms with Crippen LogP contribution in [0.4, 0.5) is 0 Å². The van der Waals surface area contributed by atoms with E-state index in [0.29, 0.717) is 0 Å². The lowest BCUT2D eigenvalue weighted by atomic mass is 9.83. The van der Waals surface area contributed by atoms with Gasteiger partial charge >= 0.3 is 5.97 Å². The number of ether oxygens (including phenoxy) is 1. The largest absolute Gasteiger partial charge is 0.480 e. The van der Waals surface area contributed by atoms with Crippen molar-refractivity contribution < 1.29 is 34.1 Å². The maximum absolute atomic E-state index is 13.5. The highest BCUT2D eigenvalue weighted by molar-refractivity contribution is 7.13. The lowest BCUT2D eigenvalue weighted by Gasteiger charge is -2.36. The normalized spacial score (nSPS) is 18.2. The molecule has 1 saturated heterocycles. The predicted molar refractivity (Wildman–Crippen MR) is 140 cm³/mol. The predicted octanol–water partition coefficient (Wildman–Crippen LogP) is 1.33. The first kappa shape index (κ1) is 29.2. The fraction of sp³-hybridized carbons (Fsp3) is 0.500. The van der Waals surface area contributed by atoms with Crippen LogP contribution in [0.5, 0.6) is 0 Å². The molecule has 2 aromatic rings. The molecule has 0 bridgehead atoms. The molecule has 1 fully saturated rings. The Balaban J connectivity index is 1.59. The number of aliphatic carboxylic acids is 1. The van der Waals surface area contributed by atoms with E-state index >= 15 is 0 Å². The van der Waals surface area contributed by atoms with Gasteiger partial charge in [-0.25, -0.2) is 9.78 Å². The van der Waals surface area contributed by atoms with Crippen LogP contribution in [0.25, 0.3) is 10.4 Å². The van der Waals surface area contributed by atoms with Gasteiger partial charge < -0.3 is 30.5 Å². The average Bonchev–Trinajstić information content (AvgIpc) is 3.47. The molecule has 0 unspecified atom stereocenters. The summed E-state index contributed by atoms with van der Waals surface area (Å²) >= 11 is 1.57. The van der Waals surface area contributed by atoms with Gasteiger partial charge in [-0.05, 0) is 38.8 Å². The molecule has 1 aliphatic heterocycles. The summed E-state index contributed by atoms with van der Waals surface area (Å²) in [4.78, 5) is 55.9. The molecule has 38 heavy (non-hydrogen) atoms. The molecule has 3 amide bonds. The number of nitrogens with one attached hydrogen (secondary N) is 2. The molecule has 0 aliphatic carbocycles. The second-order valence-electron chi connectivity index (χ2n) is 9.94. The number of amides is 3. The Bertz CT molecular complexity index is 1160. The van der Waals surface area contributed by atoms with Crippen molar-refractivity contribution in [3.05, 3.63) is 41.0 Å². The van der Waals surface area contributed by atoms with E-state index in [-0.39, 0.29) is 25.4 Å². The van der Waals surface area contributed by atoms with Gasteiger partial charge in [0.15, 0.2) is 0 Å². The van der Waals surface area contributed by atoms with Crippen LogP contribution in [-0.4, -0.2) is 81.7 Å². The van der Waals surface area contributed by atoms with Crippen LogP contribution < -0.4 is 10.6 Å². The molecule has 3 rings (SSSR count). The summed E-state index contributed by atoms with van der Waals surface area (Å²) < 4.78 is 4.79. The van der Waals surface area contributed by atoms with Crippen LogP contribution in [-0.2, 0) is 30.5 Å². The SMILES string of the molecule is Cc1ncsc1-c1ccc(CNC(=O)[C@@H]2C[C@@H](O)CN2C(=O)C(C)(C)[C@H](C)NC(=O)COCC(=O)O)cc1. The highest BCUT2D eigenvalue weighted by Gasteiger charge is 2.46. The zero-order valence-electron chi connectivity index (χ0n) is 21.9. The number of carboxylic acids is 1. The molecule has 0 saturated carbocycles. The van der Waals surface area contributed by atoms with Gasteiger partial charge in [0.1, 0.15) is 19.3 Å². The third kappa shape index (κ3) is 7.15. The van der Waals surface area contributed by atoms with Crippen LogP contribution in [0.2, 0.25) is 0 Å². The zero-order chi connectivity index (χ0) is 28.0. The number of thiazole rings is 1. The minimum Gasteiger partial charge on any atom is -0.480 e. The molecule has 1 aliphatic rings. The van der Waals surface area contributed by atoms with E-state index in [4.69, 9.17) is 9.84 Å². The van der Waals surface area contributed by atoms with Crippen LogP contribution in [0, 0.1) is 12.3 Å². The first-order valence-electron chi connectivity index (χ1n) is 12.2. The molecule has 11 nitrogen and oxygen atoms in total. The van der Waals surface area contributed by atoms with Crippen molar-refractivity contribution in [2.24, 2.45) is 5.41 Å². The zero-order valence-corrected chi connectivity index (χ0v) is 22.7. The van der Waals surface area contributed by atoms with Crippen LogP contribution in [0.15, 0.2) is 29.8 Å². The molecule has 206 valence electrons. The number of carbonyl (C=O) groups excluding carboxylic acids is 3. The van der Waals surface area contributed by atoms with Gasteiger partial charge in [0, 0.05) is 25.6 Å². The molecule has 1 aromatic carbocycles. The number of aliphatic hydroxyl groups excluding tert-OH is 1. The molecule has 1 aromatic heterocycles. The van der Waals surface area contributed by atoms with Gasteiger partial charge in [-0.15, -0.1) is 11.3 Å². The summed E-state index contributed by atoms with van der Waals surface area (Å²) in [6.45, 7) is 6.09. The van der Waals surface area contributed by atoms with E-state index in [2.05, 4.69) is 15.6 Å². The Hall–Kier alpha value is -3.35. The van der Waals surface area contributed by atoms with Crippen molar-refractivity contribution >= 4 is 35.0 Å². The molecule has 0 radical (unpaired) electrons. The van der Waals surface area contributed by atoms with E-state index in [1.807, 2.05) is 31.2 Å². The van der Waals surface area contributed by atoms with Gasteiger partial charge in [0.25, 0.3) is 0 Å². The van der Waals surface area contributed by atoms with Crippen molar-refractivity contribution in [3.8, 4) is 10.4 Å². The van der Waals surface area contributed by atoms with Gasteiger partial charge in [0.05, 0.1) is 27.6 Å². The molecular formula is C26H34N4O7S. The Labute approximate surface area is 225 Å². The minimum atomic E-state index is -1.19. The maximum atomic E-state index is 13.5. The summed E-state index contributed by atoms with van der Waals surface area (Å²) in [5, 5.41) is 24.4. The summed E-state index contributed by atoms with van der Waals surface area (Å²) in [6, 6.07) is 6.30. The molecule has 2 heterocycles. The number of nitrogens with zero attached hydrogens (tertiary/aromatic N) is 2. The number of benzene rings is 1. The Morgan fingerprint density at radius 3 is 2.50 bits per heavy atom. The number of aromatic nitrogens is 1. The van der Waals surface area contributed by atoms with Crippen molar-refractivity contribution in [2.45, 2.75) is 58.8 Å². The Kier molecular flexibility index (Phi) is 9.58. The van der Waals surface area contributed by atoms with Crippen molar-refractivity contribution in [3.63, 3.8) is 0 Å². The number of aliphatic hydroxyl groups is 1. The van der Waals surface area contributed by atoms with E-state index < -0.39 is 54.6 Å². The smallest absolute Gasteiger partial charge is 0.329 e. The second-order valence-corrected chi connectivity index (χ2v) is 10.8. The first-order valence-corrected chi connectivity index (χ1v) is 13.1. The summed E-state index contributed by atoms with van der Waals surface area (Å²) in [5.74, 6) is -2.52. The third-order valence-corrected chi connectivity index (χ3v) is 7.72. The lowest BCUT2D eigenvalue weighted by molar-refractivity contribution is -0.147. The Morgan fingerprint density at radius 1 is 1.21 bits per heavy atom. The number of rotatable bonds is 11. The van der Waals surface area contributed by atoms with Crippen molar-refractivity contribution in [2.75, 3.05) is 19.8 Å². The first-order chi connectivity index (χ1) is 17.9. The number of carboxylic acid groups (broad SMARTS) is 1. The summed E-state index contributed by atoms with van der Waals surface area (Å²) in [6.07, 6.45) is -0.733. The number of carbonyl (C=O) groups is 4. The van der Waals surface area contributed by atoms with E-state index in [1.165, 1.54) is 4.90 Å². The lowest BCUT2D eigenvalue weighted by Crippen LogP contribution is -2.56. The van der Waals surface area contributed by atoms with E-state index in [9.17, 15) is 24.3 Å². The molecule has 0 spiro atoms. The van der Waals surface area contributed by atoms with Crippen LogP contribution in [0.1, 0.15) is 38.4 Å². The third-order valence-electron chi connectivity index (χ3n) is 6.74. The van der Waals surface area contributed by atoms with Gasteiger partial charge in [0.2, 0.25) is 17.7 Å². The Morgan fingerprint density at radius 2 is 1.89 bits per heavy atom. The second kappa shape index (κ2) is 12.5. The van der Waals surface area contributed by atoms with Crippen molar-refractivity contribution in [1.29, 1.82) is 0 Å². The maximum Gasteiger partial charge on any atom is 0.329 e. The summed E-state index contributed by atoms with van der Waals surface area (Å²) in [5.41, 5.74) is 3.59. The number of aryl methyl sites for hydroxylation is 1. The molecule has 4 N–H and O–H groups in total. The van der Waals surface area contributed by atoms with Gasteiger partial charge in [-0.2, -0.15) is 0 Å². The van der Waals surface area contributed by atoms with Crippen LogP contribution >= 0.6 is 11.3 Å². The number of hydrogen-bond acceptors (Lipinski definition) is 8. The number of likely N-dealkylation sites (tertiary alicyclic amines) is 1. The average molecular weight is 547 g/mol. The topological polar surface area (TPSA) is 158 Å². The monoisotopic (exact) mass is 546 g/mol. The number of β-amino-alcohol motifs (C(OH)–C–C–N with tert-alkyl or cyclic N) is 1. The number of hydrogen-bond donors (Lipinski definition) is 4. The standard InChI is InChI=1S/C26H34N4O7S/c1-15-23(38-14-28-15)18-7-5-17(6-8-18)10-27-24(35)20-9-19(31)11-30(20)25(36)26(3,4)16(2)29-21(32)12-37-13-22(33)34/h5-8,14,16,19-20,31H,9-13H2,1-4H3,(H,27,35)(H,29,32)(H,33,34)/t16-,19+,20-/m0/s1. The fourth-order valence-electron chi connectivity index (χ4n) is 4.20. The highest BCUT2D eigenvalue weighted by Crippen LogP contribution is 2.30.